The number of rotatable bonds is 2. The van der Waals surface area contributed by atoms with Crippen molar-refractivity contribution >= 4 is 32.3 Å². The number of aromatic nitrogens is 1. The molecule has 20 heavy (non-hydrogen) atoms. The first kappa shape index (κ1) is 11.4. The zero-order chi connectivity index (χ0) is 13.4. The van der Waals surface area contributed by atoms with Crippen molar-refractivity contribution in [2.75, 3.05) is 0 Å². The topological polar surface area (TPSA) is 13.1 Å². The second kappa shape index (κ2) is 4.62. The Balaban J connectivity index is 1.76. The highest BCUT2D eigenvalue weighted by Gasteiger charge is 2.14. The maximum atomic E-state index is 5.97. The molecule has 0 unspecified atom stereocenters. The van der Waals surface area contributed by atoms with E-state index in [0.29, 0.717) is 0 Å². The summed E-state index contributed by atoms with van der Waals surface area (Å²) in [5.74, 6) is 0.845. The monoisotopic (exact) mass is 278 g/mol. The summed E-state index contributed by atoms with van der Waals surface area (Å²) in [6, 6.07) is 22.7. The van der Waals surface area contributed by atoms with Crippen LogP contribution in [0.15, 0.2) is 72.2 Å². The Hall–Kier alpha value is -2.39. The number of benzene rings is 3. The summed E-state index contributed by atoms with van der Waals surface area (Å²) in [6.45, 7) is 0. The van der Waals surface area contributed by atoms with Crippen LogP contribution >= 0.6 is 11.3 Å². The second-order valence-electron chi connectivity index (χ2n) is 4.62. The molecule has 0 N–H and O–H groups in total. The van der Waals surface area contributed by atoms with Gasteiger partial charge in [0.2, 0.25) is 5.75 Å². The molecule has 0 amide bonds. The highest BCUT2D eigenvalue weighted by Crippen LogP contribution is 2.21. The molecule has 0 saturated carbocycles. The van der Waals surface area contributed by atoms with E-state index in [0.717, 1.165) is 11.3 Å². The molecule has 0 bridgehead atoms. The Morgan fingerprint density at radius 2 is 1.60 bits per heavy atom. The van der Waals surface area contributed by atoms with Gasteiger partial charge in [-0.3, -0.25) is 0 Å². The third-order valence-electron chi connectivity index (χ3n) is 3.30. The minimum atomic E-state index is 0.845. The molecule has 0 aliphatic carbocycles. The van der Waals surface area contributed by atoms with Crippen molar-refractivity contribution in [2.24, 2.45) is 0 Å². The lowest BCUT2D eigenvalue weighted by Crippen LogP contribution is -2.37. The van der Waals surface area contributed by atoms with Gasteiger partial charge in [-0.15, -0.1) is 0 Å². The van der Waals surface area contributed by atoms with E-state index in [1.165, 1.54) is 15.5 Å². The first-order valence-corrected chi connectivity index (χ1v) is 7.33. The van der Waals surface area contributed by atoms with Crippen LogP contribution in [-0.4, -0.2) is 0 Å². The molecule has 4 rings (SSSR count). The molecule has 0 aliphatic heterocycles. The predicted octanol–water partition coefficient (Wildman–Crippen LogP) is 4.18. The fourth-order valence-electron chi connectivity index (χ4n) is 2.31. The largest absolute Gasteiger partial charge is 0.278 e. The molecule has 4 aromatic rings. The molecule has 96 valence electrons. The van der Waals surface area contributed by atoms with Crippen molar-refractivity contribution in [1.29, 1.82) is 0 Å². The number of hydrogen-bond acceptors (Lipinski definition) is 2. The Labute approximate surface area is 120 Å². The van der Waals surface area contributed by atoms with E-state index in [-0.39, 0.29) is 0 Å². The van der Waals surface area contributed by atoms with Crippen LogP contribution in [0.25, 0.3) is 21.0 Å². The summed E-state index contributed by atoms with van der Waals surface area (Å²) >= 11 is 1.67. The number of hydrogen-bond donors (Lipinski definition) is 0. The van der Waals surface area contributed by atoms with E-state index in [9.17, 15) is 0 Å². The van der Waals surface area contributed by atoms with Crippen molar-refractivity contribution in [3.63, 3.8) is 0 Å². The van der Waals surface area contributed by atoms with Crippen LogP contribution in [0.4, 0.5) is 0 Å². The minimum Gasteiger partial charge on any atom is -0.230 e. The molecule has 2 nitrogen and oxygen atoms in total. The number of thiazole rings is 1. The van der Waals surface area contributed by atoms with E-state index in [2.05, 4.69) is 36.4 Å². The summed E-state index contributed by atoms with van der Waals surface area (Å²) in [4.78, 5) is 5.97. The quantitative estimate of drug-likeness (QED) is 0.501. The van der Waals surface area contributed by atoms with E-state index >= 15 is 0 Å². The average molecular weight is 278 g/mol. The minimum absolute atomic E-state index is 0.845. The number of fused-ring (bicyclic) bond motifs is 2. The highest BCUT2D eigenvalue weighted by molar-refractivity contribution is 7.16. The third kappa shape index (κ3) is 1.92. The van der Waals surface area contributed by atoms with Gasteiger partial charge in [-0.1, -0.05) is 53.8 Å². The Kier molecular flexibility index (Phi) is 2.64. The van der Waals surface area contributed by atoms with Gasteiger partial charge >= 0.3 is 0 Å². The standard InChI is InChI=1S/C17H12NOS/c1-2-6-14-11-15(10-9-13(14)5-1)19-18-12-20-17-8-4-3-7-16(17)18/h1-12H/q+1. The fraction of sp³-hybridized carbons (Fsp3) is 0. The van der Waals surface area contributed by atoms with Crippen molar-refractivity contribution in [3.8, 4) is 5.75 Å². The smallest absolute Gasteiger partial charge is 0.230 e. The van der Waals surface area contributed by atoms with Crippen LogP contribution in [0.5, 0.6) is 5.75 Å². The van der Waals surface area contributed by atoms with E-state index in [1.807, 2.05) is 40.6 Å². The highest BCUT2D eigenvalue weighted by atomic mass is 32.1. The first-order valence-electron chi connectivity index (χ1n) is 6.45. The van der Waals surface area contributed by atoms with Gasteiger partial charge in [-0.2, -0.15) is 0 Å². The summed E-state index contributed by atoms with van der Waals surface area (Å²) < 4.78 is 3.04. The lowest BCUT2D eigenvalue weighted by molar-refractivity contribution is -0.851. The third-order valence-corrected chi connectivity index (χ3v) is 4.20. The van der Waals surface area contributed by atoms with Crippen molar-refractivity contribution in [3.05, 3.63) is 72.2 Å². The Morgan fingerprint density at radius 3 is 2.55 bits per heavy atom. The Bertz CT molecular complexity index is 897. The van der Waals surface area contributed by atoms with E-state index < -0.39 is 0 Å². The lowest BCUT2D eigenvalue weighted by atomic mass is 10.1. The first-order chi connectivity index (χ1) is 9.90. The SMILES string of the molecule is c1ccc2cc(O[n+]3csc4ccccc43)ccc2c1. The Morgan fingerprint density at radius 1 is 0.800 bits per heavy atom. The molecular weight excluding hydrogens is 266 g/mol. The second-order valence-corrected chi connectivity index (χ2v) is 5.50. The summed E-state index contributed by atoms with van der Waals surface area (Å²) in [6.07, 6.45) is 0. The zero-order valence-corrected chi connectivity index (χ0v) is 11.5. The molecular formula is C17H12NOS+. The van der Waals surface area contributed by atoms with Crippen LogP contribution in [0, 0.1) is 0 Å². The fourth-order valence-corrected chi connectivity index (χ4v) is 3.11. The van der Waals surface area contributed by atoms with Crippen molar-refractivity contribution in [1.82, 2.24) is 0 Å². The summed E-state index contributed by atoms with van der Waals surface area (Å²) in [5, 5.41) is 2.41. The molecule has 3 aromatic carbocycles. The molecule has 3 heteroatoms. The van der Waals surface area contributed by atoms with E-state index in [1.54, 1.807) is 11.3 Å². The maximum Gasteiger partial charge on any atom is 0.278 e. The zero-order valence-electron chi connectivity index (χ0n) is 10.7. The predicted molar refractivity (Wildman–Crippen MR) is 82.0 cm³/mol. The van der Waals surface area contributed by atoms with Gasteiger partial charge in [0, 0.05) is 10.8 Å². The van der Waals surface area contributed by atoms with Gasteiger partial charge in [0.25, 0.3) is 11.0 Å². The van der Waals surface area contributed by atoms with Crippen LogP contribution in [-0.2, 0) is 0 Å². The molecule has 0 atom stereocenters. The van der Waals surface area contributed by atoms with Gasteiger partial charge in [0.1, 0.15) is 4.70 Å². The molecule has 0 saturated heterocycles. The number of para-hydroxylation sites is 1. The van der Waals surface area contributed by atoms with Crippen LogP contribution in [0.2, 0.25) is 0 Å². The van der Waals surface area contributed by atoms with Crippen LogP contribution < -0.4 is 9.57 Å². The average Bonchev–Trinajstić information content (AvgIpc) is 2.91. The molecule has 0 spiro atoms. The molecule has 0 aliphatic rings. The molecule has 1 heterocycles. The lowest BCUT2D eigenvalue weighted by Gasteiger charge is -2.00. The normalized spacial score (nSPS) is 11.0. The van der Waals surface area contributed by atoms with Crippen molar-refractivity contribution in [2.45, 2.75) is 0 Å². The summed E-state index contributed by atoms with van der Waals surface area (Å²) in [7, 11) is 0. The van der Waals surface area contributed by atoms with Gasteiger partial charge < -0.3 is 0 Å². The van der Waals surface area contributed by atoms with Gasteiger partial charge in [0.15, 0.2) is 0 Å². The van der Waals surface area contributed by atoms with E-state index in [4.69, 9.17) is 4.84 Å². The van der Waals surface area contributed by atoms with Crippen LogP contribution in [0.1, 0.15) is 0 Å². The molecule has 0 fully saturated rings. The van der Waals surface area contributed by atoms with Crippen molar-refractivity contribution < 1.29 is 9.57 Å². The van der Waals surface area contributed by atoms with Gasteiger partial charge in [-0.05, 0) is 29.0 Å². The van der Waals surface area contributed by atoms with Gasteiger partial charge in [0.05, 0.1) is 0 Å². The molecule has 1 aromatic heterocycles. The number of nitrogens with zero attached hydrogens (tertiary/aromatic N) is 1. The molecule has 0 radical (unpaired) electrons. The van der Waals surface area contributed by atoms with Crippen LogP contribution in [0.3, 0.4) is 0 Å². The van der Waals surface area contributed by atoms with Gasteiger partial charge in [-0.25, -0.2) is 4.84 Å². The summed E-state index contributed by atoms with van der Waals surface area (Å²) in [5.41, 5.74) is 3.07. The maximum absolute atomic E-state index is 5.97.